The van der Waals surface area contributed by atoms with Gasteiger partial charge in [-0.1, -0.05) is 0 Å². The van der Waals surface area contributed by atoms with Crippen molar-refractivity contribution in [1.82, 2.24) is 24.4 Å². The SMILES string of the molecule is COc1cc(C(C)C(=O)N2CC[C@H](Nc3ccc(-c4cn(C)c(C(F)F)n4)c(C)n3)C2)cc(OC)n1. The fourth-order valence-electron chi connectivity index (χ4n) is 4.39. The largest absolute Gasteiger partial charge is 0.481 e. The number of nitrogens with zero attached hydrogens (tertiary/aromatic N) is 5. The van der Waals surface area contributed by atoms with Crippen molar-refractivity contribution in [2.45, 2.75) is 38.7 Å². The standard InChI is InChI=1S/C25H30F2N6O3/c1-14(16-10-21(35-4)31-22(11-16)36-5)25(34)33-9-8-17(12-33)29-20-7-6-18(15(2)28-20)19-13-32(3)24(30-19)23(26)27/h6-7,10-11,13-14,17,23H,8-9,12H2,1-5H3,(H,28,29)/t14?,17-/m0/s1. The van der Waals surface area contributed by atoms with Crippen molar-refractivity contribution in [3.05, 3.63) is 47.5 Å². The number of anilines is 1. The second-order valence-corrected chi connectivity index (χ2v) is 8.85. The third-order valence-electron chi connectivity index (χ3n) is 6.41. The first-order valence-corrected chi connectivity index (χ1v) is 11.6. The van der Waals surface area contributed by atoms with Crippen molar-refractivity contribution in [1.29, 1.82) is 0 Å². The summed E-state index contributed by atoms with van der Waals surface area (Å²) in [7, 11) is 4.59. The molecule has 0 saturated carbocycles. The maximum Gasteiger partial charge on any atom is 0.295 e. The van der Waals surface area contributed by atoms with E-state index in [4.69, 9.17) is 9.47 Å². The van der Waals surface area contributed by atoms with E-state index in [-0.39, 0.29) is 23.7 Å². The van der Waals surface area contributed by atoms with E-state index in [1.165, 1.54) is 18.8 Å². The van der Waals surface area contributed by atoms with Gasteiger partial charge in [-0.3, -0.25) is 4.79 Å². The maximum atomic E-state index is 13.2. The lowest BCUT2D eigenvalue weighted by Gasteiger charge is -2.22. The summed E-state index contributed by atoms with van der Waals surface area (Å²) < 4.78 is 38.0. The average molecular weight is 501 g/mol. The number of likely N-dealkylation sites (tertiary alicyclic amines) is 1. The molecule has 1 amide bonds. The number of hydrogen-bond donors (Lipinski definition) is 1. The van der Waals surface area contributed by atoms with Gasteiger partial charge in [-0.05, 0) is 38.0 Å². The van der Waals surface area contributed by atoms with Crippen LogP contribution >= 0.6 is 0 Å². The molecule has 11 heteroatoms. The van der Waals surface area contributed by atoms with E-state index >= 15 is 0 Å². The van der Waals surface area contributed by atoms with Gasteiger partial charge >= 0.3 is 0 Å². The molecule has 1 fully saturated rings. The zero-order valence-corrected chi connectivity index (χ0v) is 21.0. The highest BCUT2D eigenvalue weighted by atomic mass is 19.3. The monoisotopic (exact) mass is 500 g/mol. The van der Waals surface area contributed by atoms with Gasteiger partial charge < -0.3 is 24.3 Å². The lowest BCUT2D eigenvalue weighted by molar-refractivity contribution is -0.131. The van der Waals surface area contributed by atoms with Crippen molar-refractivity contribution in [2.24, 2.45) is 7.05 Å². The predicted octanol–water partition coefficient (Wildman–Crippen LogP) is 3.96. The number of hydrogen-bond acceptors (Lipinski definition) is 7. The minimum absolute atomic E-state index is 0.0130. The fraction of sp³-hybridized carbons (Fsp3) is 0.440. The molecule has 0 radical (unpaired) electrons. The summed E-state index contributed by atoms with van der Waals surface area (Å²) in [5.74, 6) is 0.805. The lowest BCUT2D eigenvalue weighted by atomic mass is 10.0. The molecule has 3 aromatic rings. The maximum absolute atomic E-state index is 13.2. The van der Waals surface area contributed by atoms with Crippen LogP contribution in [-0.2, 0) is 11.8 Å². The van der Waals surface area contributed by atoms with Crippen LogP contribution in [0.25, 0.3) is 11.3 Å². The zero-order chi connectivity index (χ0) is 26.0. The number of rotatable bonds is 8. The third-order valence-corrected chi connectivity index (χ3v) is 6.41. The van der Waals surface area contributed by atoms with Crippen LogP contribution < -0.4 is 14.8 Å². The fourth-order valence-corrected chi connectivity index (χ4v) is 4.39. The van der Waals surface area contributed by atoms with E-state index < -0.39 is 6.43 Å². The Bertz CT molecular complexity index is 1230. The number of carbonyl (C=O) groups excluding carboxylic acids is 1. The van der Waals surface area contributed by atoms with Crippen molar-refractivity contribution >= 4 is 11.7 Å². The van der Waals surface area contributed by atoms with Gasteiger partial charge in [0.05, 0.1) is 25.8 Å². The second kappa shape index (κ2) is 10.5. The summed E-state index contributed by atoms with van der Waals surface area (Å²) in [4.78, 5) is 27.9. The number of aromatic nitrogens is 4. The molecule has 192 valence electrons. The first-order chi connectivity index (χ1) is 17.2. The first-order valence-electron chi connectivity index (χ1n) is 11.6. The summed E-state index contributed by atoms with van der Waals surface area (Å²) in [5.41, 5.74) is 2.61. The van der Waals surface area contributed by atoms with E-state index in [0.717, 1.165) is 12.0 Å². The van der Waals surface area contributed by atoms with Gasteiger partial charge in [0.2, 0.25) is 17.7 Å². The number of halogens is 2. The molecule has 1 aliphatic heterocycles. The van der Waals surface area contributed by atoms with Gasteiger partial charge in [0.1, 0.15) is 5.82 Å². The smallest absolute Gasteiger partial charge is 0.295 e. The van der Waals surface area contributed by atoms with E-state index in [9.17, 15) is 13.6 Å². The Morgan fingerprint density at radius 1 is 1.14 bits per heavy atom. The molecule has 0 aromatic carbocycles. The van der Waals surface area contributed by atoms with Gasteiger partial charge in [0.15, 0.2) is 5.82 Å². The molecule has 1 N–H and O–H groups in total. The summed E-state index contributed by atoms with van der Waals surface area (Å²) >= 11 is 0. The van der Waals surface area contributed by atoms with Gasteiger partial charge in [-0.15, -0.1) is 0 Å². The number of methoxy groups -OCH3 is 2. The molecule has 4 rings (SSSR count). The number of amides is 1. The summed E-state index contributed by atoms with van der Waals surface area (Å²) in [6, 6.07) is 7.17. The van der Waals surface area contributed by atoms with Crippen molar-refractivity contribution < 1.29 is 23.0 Å². The van der Waals surface area contributed by atoms with Crippen LogP contribution in [0.3, 0.4) is 0 Å². The van der Waals surface area contributed by atoms with Crippen LogP contribution in [0, 0.1) is 6.92 Å². The molecule has 0 aliphatic carbocycles. The number of nitrogens with one attached hydrogen (secondary N) is 1. The average Bonchev–Trinajstić information content (AvgIpc) is 3.49. The Kier molecular flexibility index (Phi) is 7.37. The molecule has 9 nitrogen and oxygen atoms in total. The number of carbonyl (C=O) groups is 1. The molecule has 1 aliphatic rings. The van der Waals surface area contributed by atoms with E-state index in [0.29, 0.717) is 47.6 Å². The van der Waals surface area contributed by atoms with Crippen LogP contribution in [0.5, 0.6) is 11.8 Å². The highest BCUT2D eigenvalue weighted by Gasteiger charge is 2.30. The summed E-state index contributed by atoms with van der Waals surface area (Å²) in [6.45, 7) is 4.85. The van der Waals surface area contributed by atoms with Crippen molar-refractivity contribution in [3.8, 4) is 23.0 Å². The predicted molar refractivity (Wildman–Crippen MR) is 130 cm³/mol. The minimum Gasteiger partial charge on any atom is -0.481 e. The molecule has 0 bridgehead atoms. The molecule has 0 spiro atoms. The van der Waals surface area contributed by atoms with Crippen LogP contribution in [-0.4, -0.2) is 63.7 Å². The van der Waals surface area contributed by atoms with Crippen molar-refractivity contribution in [2.75, 3.05) is 32.6 Å². The number of pyridine rings is 2. The van der Waals surface area contributed by atoms with Gasteiger partial charge in [-0.25, -0.2) is 18.7 Å². The Morgan fingerprint density at radius 3 is 2.42 bits per heavy atom. The molecular formula is C25H30F2N6O3. The molecule has 2 atom stereocenters. The molecule has 1 unspecified atom stereocenters. The molecule has 4 heterocycles. The number of alkyl halides is 2. The highest BCUT2D eigenvalue weighted by molar-refractivity contribution is 5.84. The highest BCUT2D eigenvalue weighted by Crippen LogP contribution is 2.29. The van der Waals surface area contributed by atoms with Crippen molar-refractivity contribution in [3.63, 3.8) is 0 Å². The number of ether oxygens (including phenoxy) is 2. The zero-order valence-electron chi connectivity index (χ0n) is 21.0. The van der Waals surface area contributed by atoms with Gasteiger partial charge in [0, 0.05) is 55.8 Å². The molecule has 3 aromatic heterocycles. The first kappa shape index (κ1) is 25.3. The molecular weight excluding hydrogens is 470 g/mol. The Hall–Kier alpha value is -3.76. The minimum atomic E-state index is -2.64. The van der Waals surface area contributed by atoms with Crippen LogP contribution in [0.15, 0.2) is 30.5 Å². The quantitative estimate of drug-likeness (QED) is 0.500. The van der Waals surface area contributed by atoms with Crippen LogP contribution in [0.2, 0.25) is 0 Å². The third kappa shape index (κ3) is 5.24. The summed E-state index contributed by atoms with van der Waals surface area (Å²) in [5, 5.41) is 3.39. The Labute approximate surface area is 208 Å². The number of aryl methyl sites for hydroxylation is 2. The molecule has 36 heavy (non-hydrogen) atoms. The van der Waals surface area contributed by atoms with Gasteiger partial charge in [0.25, 0.3) is 6.43 Å². The van der Waals surface area contributed by atoms with Gasteiger partial charge in [-0.2, -0.15) is 4.98 Å². The number of imidazole rings is 1. The second-order valence-electron chi connectivity index (χ2n) is 8.85. The van der Waals surface area contributed by atoms with E-state index in [1.807, 2.05) is 30.9 Å². The van der Waals surface area contributed by atoms with Crippen LogP contribution in [0.4, 0.5) is 14.6 Å². The molecule has 1 saturated heterocycles. The van der Waals surface area contributed by atoms with E-state index in [2.05, 4.69) is 20.3 Å². The van der Waals surface area contributed by atoms with E-state index in [1.54, 1.807) is 25.4 Å². The topological polar surface area (TPSA) is 94.4 Å². The Balaban J connectivity index is 1.41. The van der Waals surface area contributed by atoms with Crippen LogP contribution in [0.1, 0.15) is 42.8 Å². The normalized spacial score (nSPS) is 16.3. The lowest BCUT2D eigenvalue weighted by Crippen LogP contribution is -2.34. The summed E-state index contributed by atoms with van der Waals surface area (Å²) in [6.07, 6.45) is -0.285. The Morgan fingerprint density at radius 2 is 1.83 bits per heavy atom.